The van der Waals surface area contributed by atoms with Gasteiger partial charge in [-0.2, -0.15) is 48.3 Å². The second kappa shape index (κ2) is 27.7. The summed E-state index contributed by atoms with van der Waals surface area (Å²) in [6.45, 7) is 6.93. The summed E-state index contributed by atoms with van der Waals surface area (Å²) < 4.78 is 203. The van der Waals surface area contributed by atoms with E-state index < -0.39 is 116 Å². The van der Waals surface area contributed by atoms with E-state index in [0.717, 1.165) is 71.3 Å². The normalized spacial score (nSPS) is 13.8. The Bertz CT molecular complexity index is 3910. The number of ether oxygens (including phenoxy) is 3. The number of hydrogen-bond donors (Lipinski definition) is 3. The molecule has 0 aromatic heterocycles. The van der Waals surface area contributed by atoms with Crippen molar-refractivity contribution in [2.24, 2.45) is 0 Å². The first-order valence-electron chi connectivity index (χ1n) is 26.2. The highest BCUT2D eigenvalue weighted by atomic mass is 19.4. The Labute approximate surface area is 501 Å². The standard InChI is InChI=1S/C23H20F3NO3.C21H14F5NO3.C20H11F6NO3/c1-13-9-14(2)15(3)21(10-13)30-20-8-7-16(23(24,25)26)11-19(20)22(29)27-17-5-4-6-18(28)12-17;1-11-5-7-17(19(23)18(11)22)30-16-8-6-12(21(24,25)26)9-15(16)20(29)27-13-3-2-4-14(28)10-13;21-14-5-7-16(18(23)17(14)22)30-15-6-4-10(20(24,25)26)8-13(15)19(29)27-11-2-1-3-12(28)9-11/h4-5,7-12H,6H2,1-3H3,(H,27,29);2-3,5-10H,4H2,1H3,(H,27,29);1-2,4-9H,3H2,(H,27,29). The molecule has 12 nitrogen and oxygen atoms in total. The number of halogens is 14. The van der Waals surface area contributed by atoms with E-state index in [1.807, 2.05) is 26.8 Å². The van der Waals surface area contributed by atoms with Crippen molar-refractivity contribution in [1.82, 2.24) is 16.0 Å². The first kappa shape index (κ1) is 67.1. The van der Waals surface area contributed by atoms with Crippen molar-refractivity contribution in [3.05, 3.63) is 247 Å². The van der Waals surface area contributed by atoms with Gasteiger partial charge >= 0.3 is 18.5 Å². The smallest absolute Gasteiger partial charge is 0.416 e. The molecule has 0 heterocycles. The number of benzene rings is 6. The molecule has 0 radical (unpaired) electrons. The van der Waals surface area contributed by atoms with E-state index in [9.17, 15) is 90.2 Å². The molecule has 9 rings (SSSR count). The molecule has 3 aliphatic carbocycles. The van der Waals surface area contributed by atoms with E-state index in [1.54, 1.807) is 12.1 Å². The van der Waals surface area contributed by atoms with Gasteiger partial charge in [0.2, 0.25) is 11.6 Å². The number of aryl methyl sites for hydroxylation is 3. The molecule has 6 aromatic rings. The summed E-state index contributed by atoms with van der Waals surface area (Å²) in [7, 11) is 0. The topological polar surface area (TPSA) is 166 Å². The number of allylic oxidation sites excluding steroid dienone is 9. The van der Waals surface area contributed by atoms with Crippen LogP contribution in [-0.2, 0) is 32.9 Å². The lowest BCUT2D eigenvalue weighted by Crippen LogP contribution is -2.24. The molecule has 26 heteroatoms. The highest BCUT2D eigenvalue weighted by Crippen LogP contribution is 2.39. The lowest BCUT2D eigenvalue weighted by atomic mass is 10.0. The Morgan fingerprint density at radius 3 is 1.08 bits per heavy atom. The van der Waals surface area contributed by atoms with Crippen LogP contribution < -0.4 is 30.2 Å². The lowest BCUT2D eigenvalue weighted by molar-refractivity contribution is -0.138. The Morgan fingerprint density at radius 1 is 0.389 bits per heavy atom. The van der Waals surface area contributed by atoms with Gasteiger partial charge in [0.25, 0.3) is 17.7 Å². The van der Waals surface area contributed by atoms with Gasteiger partial charge < -0.3 is 30.2 Å². The van der Waals surface area contributed by atoms with Crippen molar-refractivity contribution in [1.29, 1.82) is 0 Å². The number of amides is 3. The zero-order valence-electron chi connectivity index (χ0n) is 46.9. The number of carbonyl (C=O) groups excluding carboxylic acids is 6. The van der Waals surface area contributed by atoms with Crippen molar-refractivity contribution < 1.29 is 104 Å². The maximum absolute atomic E-state index is 14.1. The molecule has 0 atom stereocenters. The van der Waals surface area contributed by atoms with E-state index in [4.69, 9.17) is 14.2 Å². The molecular weight excluding hydrogens is 1220 g/mol. The van der Waals surface area contributed by atoms with Crippen LogP contribution in [0.4, 0.5) is 61.5 Å². The van der Waals surface area contributed by atoms with Crippen molar-refractivity contribution in [2.45, 2.75) is 65.5 Å². The number of hydrogen-bond acceptors (Lipinski definition) is 9. The summed E-state index contributed by atoms with van der Waals surface area (Å²) in [4.78, 5) is 72.3. The second-order valence-corrected chi connectivity index (χ2v) is 19.7. The number of ketones is 3. The van der Waals surface area contributed by atoms with E-state index in [2.05, 4.69) is 16.0 Å². The third-order valence-corrected chi connectivity index (χ3v) is 12.9. The van der Waals surface area contributed by atoms with Gasteiger partial charge in [0.15, 0.2) is 46.3 Å². The maximum atomic E-state index is 14.1. The van der Waals surface area contributed by atoms with Crippen molar-refractivity contribution >= 4 is 35.1 Å². The quantitative estimate of drug-likeness (QED) is 0.0798. The molecule has 0 saturated carbocycles. The van der Waals surface area contributed by atoms with E-state index in [-0.39, 0.29) is 70.6 Å². The molecular formula is C64H45F14N3O9. The predicted octanol–water partition coefficient (Wildman–Crippen LogP) is 15.9. The zero-order chi connectivity index (χ0) is 66.2. The van der Waals surface area contributed by atoms with E-state index >= 15 is 0 Å². The Kier molecular flexibility index (Phi) is 20.7. The fraction of sp³-hybridized carbons (Fsp3) is 0.156. The molecule has 6 aromatic carbocycles. The van der Waals surface area contributed by atoms with Crippen molar-refractivity contribution in [3.8, 4) is 34.5 Å². The van der Waals surface area contributed by atoms with Crippen LogP contribution in [0, 0.1) is 56.8 Å². The molecule has 0 spiro atoms. The third kappa shape index (κ3) is 17.2. The van der Waals surface area contributed by atoms with Crippen LogP contribution in [-0.4, -0.2) is 35.1 Å². The van der Waals surface area contributed by atoms with Gasteiger partial charge in [0, 0.05) is 54.6 Å². The van der Waals surface area contributed by atoms with Crippen LogP contribution in [0.15, 0.2) is 163 Å². The van der Waals surface area contributed by atoms with Gasteiger partial charge in [0.1, 0.15) is 23.0 Å². The van der Waals surface area contributed by atoms with Crippen LogP contribution in [0.2, 0.25) is 0 Å². The maximum Gasteiger partial charge on any atom is 0.416 e. The highest BCUT2D eigenvalue weighted by molar-refractivity contribution is 6.02. The number of nitrogens with one attached hydrogen (secondary N) is 3. The van der Waals surface area contributed by atoms with Gasteiger partial charge in [-0.1, -0.05) is 30.4 Å². The molecule has 3 amide bonds. The summed E-state index contributed by atoms with van der Waals surface area (Å²) in [5.41, 5.74) is -1.82. The highest BCUT2D eigenvalue weighted by Gasteiger charge is 2.35. The molecule has 90 heavy (non-hydrogen) atoms. The molecule has 3 N–H and O–H groups in total. The average molecular weight is 1270 g/mol. The number of rotatable bonds is 12. The van der Waals surface area contributed by atoms with Gasteiger partial charge in [-0.05, 0) is 147 Å². The number of carbonyl (C=O) groups is 6. The summed E-state index contributed by atoms with van der Waals surface area (Å²) in [5.74, 6) is -13.3. The minimum Gasteiger partial charge on any atom is -0.456 e. The minimum absolute atomic E-state index is 0.00549. The average Bonchev–Trinajstić information content (AvgIpc) is 1.19. The zero-order valence-corrected chi connectivity index (χ0v) is 46.9. The van der Waals surface area contributed by atoms with Crippen LogP contribution in [0.5, 0.6) is 34.5 Å². The lowest BCUT2D eigenvalue weighted by Gasteiger charge is -2.17. The predicted molar refractivity (Wildman–Crippen MR) is 296 cm³/mol. The molecule has 0 bridgehead atoms. The molecule has 0 aliphatic heterocycles. The Balaban J connectivity index is 0.000000192. The summed E-state index contributed by atoms with van der Waals surface area (Å²) >= 11 is 0. The third-order valence-electron chi connectivity index (χ3n) is 12.9. The Morgan fingerprint density at radius 2 is 0.722 bits per heavy atom. The van der Waals surface area contributed by atoms with Gasteiger partial charge in [-0.15, -0.1) is 0 Å². The summed E-state index contributed by atoms with van der Waals surface area (Å²) in [6, 6.07) is 13.9. The molecule has 0 unspecified atom stereocenters. The van der Waals surface area contributed by atoms with Gasteiger partial charge in [-0.25, -0.2) is 13.2 Å². The van der Waals surface area contributed by atoms with Crippen molar-refractivity contribution in [3.63, 3.8) is 0 Å². The molecule has 0 fully saturated rings. The first-order chi connectivity index (χ1) is 42.2. The van der Waals surface area contributed by atoms with Crippen molar-refractivity contribution in [2.75, 3.05) is 0 Å². The van der Waals surface area contributed by atoms with E-state index in [1.165, 1.54) is 49.4 Å². The van der Waals surface area contributed by atoms with Crippen LogP contribution in [0.1, 0.15) is 89.3 Å². The van der Waals surface area contributed by atoms with E-state index in [0.29, 0.717) is 36.1 Å². The fourth-order valence-electron chi connectivity index (χ4n) is 8.25. The van der Waals surface area contributed by atoms with Gasteiger partial charge in [0.05, 0.1) is 33.4 Å². The first-order valence-corrected chi connectivity index (χ1v) is 26.2. The Hall–Kier alpha value is -10.4. The molecule has 3 aliphatic rings. The largest absolute Gasteiger partial charge is 0.456 e. The summed E-state index contributed by atoms with van der Waals surface area (Å²) in [5, 5.41) is 7.02. The van der Waals surface area contributed by atoms with Crippen LogP contribution in [0.25, 0.3) is 0 Å². The van der Waals surface area contributed by atoms with Crippen LogP contribution >= 0.6 is 0 Å². The molecule has 468 valence electrons. The SMILES string of the molecule is Cc1cc(C)c(C)c(Oc2ccc(C(F)(F)F)cc2C(=O)NC2=CC(=O)CC=C2)c1.Cc1ccc(Oc2ccc(C(F)(F)F)cc2C(=O)NC2=CC(=O)CC=C2)c(F)c1F.O=C1C=C(NC(=O)c2cc(C(F)(F)F)ccc2Oc2ccc(F)c(F)c2F)C=CC1. The summed E-state index contributed by atoms with van der Waals surface area (Å²) in [6.07, 6.45) is -1.47. The fourth-order valence-corrected chi connectivity index (χ4v) is 8.25. The second-order valence-electron chi connectivity index (χ2n) is 19.7. The minimum atomic E-state index is -4.80. The van der Waals surface area contributed by atoms with Crippen LogP contribution in [0.3, 0.4) is 0 Å². The number of alkyl halides is 9. The van der Waals surface area contributed by atoms with Gasteiger partial charge in [-0.3, -0.25) is 28.8 Å². The monoisotopic (exact) mass is 1270 g/mol. The molecule has 0 saturated heterocycles.